The molecule has 1 atom stereocenters. The number of aromatic nitrogens is 2. The second-order valence-corrected chi connectivity index (χ2v) is 6.43. The number of hydrogen-bond acceptors (Lipinski definition) is 7. The van der Waals surface area contributed by atoms with E-state index in [0.717, 1.165) is 5.56 Å². The first-order chi connectivity index (χ1) is 12.6. The molecule has 0 saturated heterocycles. The monoisotopic (exact) mass is 350 g/mol. The zero-order valence-electron chi connectivity index (χ0n) is 13.9. The van der Waals surface area contributed by atoms with Crippen LogP contribution in [-0.2, 0) is 16.8 Å². The van der Waals surface area contributed by atoms with Crippen molar-refractivity contribution >= 4 is 5.97 Å². The second kappa shape index (κ2) is 5.32. The lowest BCUT2D eigenvalue weighted by Gasteiger charge is -2.31. The highest BCUT2D eigenvalue weighted by molar-refractivity contribution is 5.92. The predicted octanol–water partition coefficient (Wildman–Crippen LogP) is 3.09. The number of benzene rings is 2. The smallest absolute Gasteiger partial charge is 0.339 e. The van der Waals surface area contributed by atoms with Gasteiger partial charge in [-0.1, -0.05) is 18.2 Å². The Balaban J connectivity index is 1.50. The van der Waals surface area contributed by atoms with Crippen LogP contribution in [0, 0.1) is 0 Å². The van der Waals surface area contributed by atoms with Crippen LogP contribution in [0.4, 0.5) is 0 Å². The summed E-state index contributed by atoms with van der Waals surface area (Å²) in [6, 6.07) is 12.8. The predicted molar refractivity (Wildman–Crippen MR) is 88.8 cm³/mol. The van der Waals surface area contributed by atoms with Crippen LogP contribution in [0.2, 0.25) is 0 Å². The lowest BCUT2D eigenvalue weighted by Crippen LogP contribution is -2.36. The molecule has 0 radical (unpaired) electrons. The summed E-state index contributed by atoms with van der Waals surface area (Å²) >= 11 is 0. The van der Waals surface area contributed by atoms with Crippen molar-refractivity contribution in [2.24, 2.45) is 0 Å². The maximum Gasteiger partial charge on any atom is 0.339 e. The van der Waals surface area contributed by atoms with Crippen molar-refractivity contribution in [2.75, 3.05) is 6.79 Å². The van der Waals surface area contributed by atoms with Gasteiger partial charge in [0.2, 0.25) is 12.7 Å². The molecule has 2 aliphatic heterocycles. The molecule has 1 aromatic heterocycles. The van der Waals surface area contributed by atoms with Gasteiger partial charge in [-0.25, -0.2) is 4.79 Å². The lowest BCUT2D eigenvalue weighted by atomic mass is 9.90. The highest BCUT2D eigenvalue weighted by Gasteiger charge is 2.42. The number of carbonyl (C=O) groups is 1. The van der Waals surface area contributed by atoms with Crippen LogP contribution in [0.5, 0.6) is 11.5 Å². The molecular formula is C19H14N2O5. The van der Waals surface area contributed by atoms with Crippen molar-refractivity contribution in [3.63, 3.8) is 0 Å². The van der Waals surface area contributed by atoms with E-state index in [0.29, 0.717) is 34.9 Å². The summed E-state index contributed by atoms with van der Waals surface area (Å²) in [5, 5.41) is 8.23. The van der Waals surface area contributed by atoms with Crippen LogP contribution >= 0.6 is 0 Å². The molecule has 2 aliphatic rings. The summed E-state index contributed by atoms with van der Waals surface area (Å²) in [6.07, 6.45) is 0.470. The summed E-state index contributed by atoms with van der Waals surface area (Å²) < 4.78 is 22.1. The molecule has 0 N–H and O–H groups in total. The first kappa shape index (κ1) is 14.9. The fourth-order valence-electron chi connectivity index (χ4n) is 3.24. The standard InChI is InChI=1S/C19H14N2O5/c1-19(9-12-4-2-3-5-13(12)17(22)26-19)18-21-20-16(25-18)11-6-7-14-15(8-11)24-10-23-14/h2-8H,9-10H2,1H3/t19-/m1/s1. The SMILES string of the molecule is C[C@]1(c2nnc(-c3ccc4c(c3)OCO4)o2)Cc2ccccc2C(=O)O1. The number of nitrogens with zero attached hydrogens (tertiary/aromatic N) is 2. The molecule has 0 amide bonds. The third kappa shape index (κ3) is 2.24. The Morgan fingerprint density at radius 3 is 2.81 bits per heavy atom. The maximum atomic E-state index is 12.3. The van der Waals surface area contributed by atoms with Gasteiger partial charge in [0.15, 0.2) is 17.1 Å². The quantitative estimate of drug-likeness (QED) is 0.657. The fourth-order valence-corrected chi connectivity index (χ4v) is 3.24. The van der Waals surface area contributed by atoms with Crippen LogP contribution < -0.4 is 9.47 Å². The number of carbonyl (C=O) groups excluding carboxylic acids is 1. The van der Waals surface area contributed by atoms with Gasteiger partial charge in [-0.3, -0.25) is 0 Å². The van der Waals surface area contributed by atoms with E-state index in [1.54, 1.807) is 25.1 Å². The largest absolute Gasteiger partial charge is 0.454 e. The van der Waals surface area contributed by atoms with Crippen molar-refractivity contribution in [3.05, 3.63) is 59.5 Å². The first-order valence-corrected chi connectivity index (χ1v) is 8.18. The van der Waals surface area contributed by atoms with Gasteiger partial charge in [0.25, 0.3) is 5.89 Å². The van der Waals surface area contributed by atoms with E-state index in [1.807, 2.05) is 24.3 Å². The molecule has 0 fully saturated rings. The third-order valence-corrected chi connectivity index (χ3v) is 4.58. The van der Waals surface area contributed by atoms with Gasteiger partial charge < -0.3 is 18.6 Å². The normalized spacial score (nSPS) is 20.6. The maximum absolute atomic E-state index is 12.3. The highest BCUT2D eigenvalue weighted by atomic mass is 16.7. The summed E-state index contributed by atoms with van der Waals surface area (Å²) in [7, 11) is 0. The molecule has 0 saturated carbocycles. The molecule has 7 heteroatoms. The number of esters is 1. The van der Waals surface area contributed by atoms with Crippen molar-refractivity contribution in [3.8, 4) is 23.0 Å². The molecule has 0 unspecified atom stereocenters. The van der Waals surface area contributed by atoms with Crippen LogP contribution in [0.3, 0.4) is 0 Å². The third-order valence-electron chi connectivity index (χ3n) is 4.58. The summed E-state index contributed by atoms with van der Waals surface area (Å²) in [5.74, 6) is 1.50. The van der Waals surface area contributed by atoms with Crippen molar-refractivity contribution in [2.45, 2.75) is 18.9 Å². The Kier molecular flexibility index (Phi) is 3.06. The number of cyclic esters (lactones) is 1. The van der Waals surface area contributed by atoms with Gasteiger partial charge in [0, 0.05) is 12.0 Å². The Morgan fingerprint density at radius 2 is 1.88 bits per heavy atom. The summed E-state index contributed by atoms with van der Waals surface area (Å²) in [6.45, 7) is 1.97. The van der Waals surface area contributed by atoms with E-state index in [2.05, 4.69) is 10.2 Å². The van der Waals surface area contributed by atoms with E-state index < -0.39 is 11.6 Å². The number of rotatable bonds is 2. The van der Waals surface area contributed by atoms with Crippen molar-refractivity contribution in [1.82, 2.24) is 10.2 Å². The molecule has 5 rings (SSSR count). The Hall–Kier alpha value is -3.35. The molecule has 0 bridgehead atoms. The highest BCUT2D eigenvalue weighted by Crippen LogP contribution is 2.38. The lowest BCUT2D eigenvalue weighted by molar-refractivity contribution is -0.0312. The zero-order valence-corrected chi connectivity index (χ0v) is 13.9. The minimum absolute atomic E-state index is 0.196. The first-order valence-electron chi connectivity index (χ1n) is 8.18. The minimum atomic E-state index is -1.01. The zero-order chi connectivity index (χ0) is 17.7. The van der Waals surface area contributed by atoms with Crippen molar-refractivity contribution in [1.29, 1.82) is 0 Å². The average molecular weight is 350 g/mol. The number of hydrogen-bond donors (Lipinski definition) is 0. The van der Waals surface area contributed by atoms with Crippen LogP contribution in [0.25, 0.3) is 11.5 Å². The average Bonchev–Trinajstić information content (AvgIpc) is 3.31. The Labute approximate surface area is 148 Å². The molecule has 3 aromatic rings. The molecule has 7 nitrogen and oxygen atoms in total. The number of fused-ring (bicyclic) bond motifs is 2. The molecule has 0 aliphatic carbocycles. The Morgan fingerprint density at radius 1 is 1.04 bits per heavy atom. The van der Waals surface area contributed by atoms with Gasteiger partial charge in [-0.05, 0) is 36.8 Å². The minimum Gasteiger partial charge on any atom is -0.454 e. The van der Waals surface area contributed by atoms with Gasteiger partial charge in [-0.2, -0.15) is 0 Å². The van der Waals surface area contributed by atoms with Gasteiger partial charge in [0.1, 0.15) is 0 Å². The fraction of sp³-hybridized carbons (Fsp3) is 0.211. The van der Waals surface area contributed by atoms with E-state index in [9.17, 15) is 4.79 Å². The van der Waals surface area contributed by atoms with Crippen LogP contribution in [-0.4, -0.2) is 23.0 Å². The van der Waals surface area contributed by atoms with E-state index in [-0.39, 0.29) is 12.7 Å². The number of ether oxygens (including phenoxy) is 3. The molecule has 2 aromatic carbocycles. The van der Waals surface area contributed by atoms with Gasteiger partial charge >= 0.3 is 5.97 Å². The van der Waals surface area contributed by atoms with Crippen molar-refractivity contribution < 1.29 is 23.4 Å². The summed E-state index contributed by atoms with van der Waals surface area (Å²) in [4.78, 5) is 12.3. The van der Waals surface area contributed by atoms with E-state index in [4.69, 9.17) is 18.6 Å². The molecule has 130 valence electrons. The summed E-state index contributed by atoms with van der Waals surface area (Å²) in [5.41, 5.74) is 1.17. The second-order valence-electron chi connectivity index (χ2n) is 6.43. The van der Waals surface area contributed by atoms with Gasteiger partial charge in [0.05, 0.1) is 5.56 Å². The van der Waals surface area contributed by atoms with Crippen LogP contribution in [0.15, 0.2) is 46.9 Å². The molecule has 3 heterocycles. The van der Waals surface area contributed by atoms with E-state index >= 15 is 0 Å². The van der Waals surface area contributed by atoms with E-state index in [1.165, 1.54) is 0 Å². The van der Waals surface area contributed by atoms with Crippen LogP contribution in [0.1, 0.15) is 28.7 Å². The van der Waals surface area contributed by atoms with Gasteiger partial charge in [-0.15, -0.1) is 10.2 Å². The molecule has 26 heavy (non-hydrogen) atoms. The topological polar surface area (TPSA) is 83.7 Å². The Bertz CT molecular complexity index is 1030. The molecule has 0 spiro atoms. The molecular weight excluding hydrogens is 336 g/mol.